The Bertz CT molecular complexity index is 1010. The van der Waals surface area contributed by atoms with Crippen LogP contribution in [-0.2, 0) is 6.42 Å². The van der Waals surface area contributed by atoms with Crippen LogP contribution in [0.4, 0.5) is 0 Å². The Morgan fingerprint density at radius 3 is 2.66 bits per heavy atom. The first-order chi connectivity index (χ1) is 15.8. The molecule has 32 heavy (non-hydrogen) atoms. The van der Waals surface area contributed by atoms with Crippen LogP contribution < -0.4 is 15.4 Å². The van der Waals surface area contributed by atoms with E-state index < -0.39 is 0 Å². The Morgan fingerprint density at radius 1 is 1.09 bits per heavy atom. The maximum Gasteiger partial charge on any atom is 0.191 e. The number of hydrogen-bond acceptors (Lipinski definition) is 5. The number of aliphatic imine (C=N–C) groups is 1. The van der Waals surface area contributed by atoms with Gasteiger partial charge in [-0.1, -0.05) is 18.2 Å². The predicted molar refractivity (Wildman–Crippen MR) is 127 cm³/mol. The summed E-state index contributed by atoms with van der Waals surface area (Å²) < 4.78 is 7.36. The van der Waals surface area contributed by atoms with E-state index in [4.69, 9.17) is 9.73 Å². The van der Waals surface area contributed by atoms with Crippen molar-refractivity contribution in [3.8, 4) is 5.75 Å². The van der Waals surface area contributed by atoms with E-state index in [1.165, 1.54) is 18.4 Å². The molecule has 1 aliphatic rings. The molecule has 1 unspecified atom stereocenters. The zero-order chi connectivity index (χ0) is 22.2. The first kappa shape index (κ1) is 22.1. The minimum atomic E-state index is 0.263. The third-order valence-electron chi connectivity index (χ3n) is 5.87. The molecule has 0 radical (unpaired) electrons. The summed E-state index contributed by atoms with van der Waals surface area (Å²) in [5.74, 6) is 2.66. The highest BCUT2D eigenvalue weighted by molar-refractivity contribution is 5.79. The van der Waals surface area contributed by atoms with Crippen LogP contribution in [-0.4, -0.2) is 65.3 Å². The first-order valence-electron chi connectivity index (χ1n) is 11.5. The molecule has 0 saturated carbocycles. The quantitative estimate of drug-likeness (QED) is 0.397. The van der Waals surface area contributed by atoms with Crippen molar-refractivity contribution < 1.29 is 4.74 Å². The highest BCUT2D eigenvalue weighted by atomic mass is 16.5. The number of benzene rings is 1. The van der Waals surface area contributed by atoms with Crippen LogP contribution in [0.5, 0.6) is 5.75 Å². The molecule has 1 fully saturated rings. The van der Waals surface area contributed by atoms with Gasteiger partial charge in [0.15, 0.2) is 11.6 Å². The van der Waals surface area contributed by atoms with Gasteiger partial charge in [0.25, 0.3) is 0 Å². The average Bonchev–Trinajstić information content (AvgIpc) is 3.50. The number of pyridine rings is 1. The third-order valence-corrected chi connectivity index (χ3v) is 5.87. The number of nitrogens with zero attached hydrogens (tertiary/aromatic N) is 5. The molecular formula is C24H33N7O. The molecule has 3 heterocycles. The smallest absolute Gasteiger partial charge is 0.191 e. The van der Waals surface area contributed by atoms with E-state index in [0.29, 0.717) is 6.54 Å². The van der Waals surface area contributed by atoms with Crippen molar-refractivity contribution in [2.45, 2.75) is 32.2 Å². The molecule has 1 aliphatic heterocycles. The second kappa shape index (κ2) is 10.9. The normalized spacial score (nSPS) is 15.8. The fourth-order valence-corrected chi connectivity index (χ4v) is 4.18. The van der Waals surface area contributed by atoms with Gasteiger partial charge in [-0.3, -0.25) is 14.3 Å². The fraction of sp³-hybridized carbons (Fsp3) is 0.458. The highest BCUT2D eigenvalue weighted by Gasteiger charge is 2.23. The molecule has 0 bridgehead atoms. The lowest BCUT2D eigenvalue weighted by atomic mass is 10.1. The molecule has 170 valence electrons. The SMILES string of the molecule is CCNC(=NCC(c1ccc(OC)cc1)N1CCCC1)NCCc1nnc2ccccn12. The molecule has 1 saturated heterocycles. The van der Waals surface area contributed by atoms with E-state index >= 15 is 0 Å². The summed E-state index contributed by atoms with van der Waals surface area (Å²) >= 11 is 0. The van der Waals surface area contributed by atoms with Gasteiger partial charge in [-0.25, -0.2) is 0 Å². The zero-order valence-electron chi connectivity index (χ0n) is 19.0. The number of guanidine groups is 1. The number of aromatic nitrogens is 3. The van der Waals surface area contributed by atoms with Crippen molar-refractivity contribution in [3.63, 3.8) is 0 Å². The molecular weight excluding hydrogens is 402 g/mol. The second-order valence-corrected chi connectivity index (χ2v) is 7.97. The van der Waals surface area contributed by atoms with Crippen molar-refractivity contribution in [3.05, 3.63) is 60.0 Å². The maximum atomic E-state index is 5.33. The molecule has 0 aliphatic carbocycles. The van der Waals surface area contributed by atoms with Crippen LogP contribution in [0.1, 0.15) is 37.2 Å². The molecule has 1 atom stereocenters. The summed E-state index contributed by atoms with van der Waals surface area (Å²) in [5, 5.41) is 15.4. The van der Waals surface area contributed by atoms with Gasteiger partial charge in [-0.15, -0.1) is 10.2 Å². The van der Waals surface area contributed by atoms with Crippen LogP contribution in [0.3, 0.4) is 0 Å². The van der Waals surface area contributed by atoms with Gasteiger partial charge in [-0.05, 0) is 62.7 Å². The molecule has 8 heteroatoms. The van der Waals surface area contributed by atoms with Gasteiger partial charge in [0.1, 0.15) is 11.6 Å². The van der Waals surface area contributed by atoms with Crippen LogP contribution in [0.15, 0.2) is 53.7 Å². The highest BCUT2D eigenvalue weighted by Crippen LogP contribution is 2.27. The third kappa shape index (κ3) is 5.37. The number of fused-ring (bicyclic) bond motifs is 1. The number of nitrogens with one attached hydrogen (secondary N) is 2. The molecule has 8 nitrogen and oxygen atoms in total. The van der Waals surface area contributed by atoms with Crippen molar-refractivity contribution in [2.75, 3.05) is 39.8 Å². The maximum absolute atomic E-state index is 5.33. The molecule has 1 aromatic carbocycles. The number of ether oxygens (including phenoxy) is 1. The Labute approximate surface area is 189 Å². The summed E-state index contributed by atoms with van der Waals surface area (Å²) in [7, 11) is 1.70. The molecule has 4 rings (SSSR count). The summed E-state index contributed by atoms with van der Waals surface area (Å²) in [6.45, 7) is 6.58. The van der Waals surface area contributed by atoms with E-state index in [-0.39, 0.29) is 6.04 Å². The van der Waals surface area contributed by atoms with Crippen molar-refractivity contribution in [1.82, 2.24) is 30.1 Å². The van der Waals surface area contributed by atoms with Crippen LogP contribution in [0.2, 0.25) is 0 Å². The van der Waals surface area contributed by atoms with Gasteiger partial charge in [-0.2, -0.15) is 0 Å². The van der Waals surface area contributed by atoms with Gasteiger partial charge in [0.05, 0.1) is 19.7 Å². The Morgan fingerprint density at radius 2 is 1.91 bits per heavy atom. The minimum absolute atomic E-state index is 0.263. The van der Waals surface area contributed by atoms with Gasteiger partial charge >= 0.3 is 0 Å². The molecule has 0 amide bonds. The van der Waals surface area contributed by atoms with Crippen LogP contribution in [0, 0.1) is 0 Å². The molecule has 0 spiro atoms. The van der Waals surface area contributed by atoms with Gasteiger partial charge in [0.2, 0.25) is 0 Å². The van der Waals surface area contributed by atoms with Gasteiger partial charge < -0.3 is 15.4 Å². The number of rotatable bonds is 9. The van der Waals surface area contributed by atoms with Crippen molar-refractivity contribution in [1.29, 1.82) is 0 Å². The van der Waals surface area contributed by atoms with E-state index in [9.17, 15) is 0 Å². The second-order valence-electron chi connectivity index (χ2n) is 7.97. The lowest BCUT2D eigenvalue weighted by molar-refractivity contribution is 0.251. The summed E-state index contributed by atoms with van der Waals surface area (Å²) in [5.41, 5.74) is 2.15. The van der Waals surface area contributed by atoms with E-state index in [0.717, 1.165) is 55.8 Å². The molecule has 2 aromatic heterocycles. The number of methoxy groups -OCH3 is 1. The number of likely N-dealkylation sites (tertiary alicyclic amines) is 1. The minimum Gasteiger partial charge on any atom is -0.497 e. The Balaban J connectivity index is 1.42. The summed E-state index contributed by atoms with van der Waals surface area (Å²) in [4.78, 5) is 7.48. The summed E-state index contributed by atoms with van der Waals surface area (Å²) in [6.07, 6.45) is 5.27. The van der Waals surface area contributed by atoms with E-state index in [2.05, 4.69) is 44.8 Å². The van der Waals surface area contributed by atoms with E-state index in [1.807, 2.05) is 40.9 Å². The molecule has 2 N–H and O–H groups in total. The fourth-order valence-electron chi connectivity index (χ4n) is 4.18. The first-order valence-corrected chi connectivity index (χ1v) is 11.5. The standard InChI is InChI=1S/C24H33N7O/c1-3-25-24(26-14-13-23-29-28-22-8-4-5-17-31(22)23)27-18-21(30-15-6-7-16-30)19-9-11-20(32-2)12-10-19/h4-5,8-12,17,21H,3,6-7,13-16,18H2,1-2H3,(H2,25,26,27). The molecule has 3 aromatic rings. The van der Waals surface area contributed by atoms with Crippen molar-refractivity contribution in [2.24, 2.45) is 4.99 Å². The van der Waals surface area contributed by atoms with Gasteiger partial charge in [0, 0.05) is 25.7 Å². The summed E-state index contributed by atoms with van der Waals surface area (Å²) in [6, 6.07) is 14.6. The Hall–Kier alpha value is -3.13. The monoisotopic (exact) mass is 435 g/mol. The largest absolute Gasteiger partial charge is 0.497 e. The van der Waals surface area contributed by atoms with Crippen LogP contribution in [0.25, 0.3) is 5.65 Å². The van der Waals surface area contributed by atoms with E-state index in [1.54, 1.807) is 7.11 Å². The van der Waals surface area contributed by atoms with Crippen LogP contribution >= 0.6 is 0 Å². The predicted octanol–water partition coefficient (Wildman–Crippen LogP) is 2.67. The lowest BCUT2D eigenvalue weighted by Crippen LogP contribution is -2.39. The zero-order valence-corrected chi connectivity index (χ0v) is 19.0. The average molecular weight is 436 g/mol. The Kier molecular flexibility index (Phi) is 7.55. The number of hydrogen-bond donors (Lipinski definition) is 2. The topological polar surface area (TPSA) is 79.1 Å². The van der Waals surface area contributed by atoms with Crippen molar-refractivity contribution >= 4 is 11.6 Å². The lowest BCUT2D eigenvalue weighted by Gasteiger charge is -2.27.